The summed E-state index contributed by atoms with van der Waals surface area (Å²) in [5, 5.41) is 0. The molecule has 2 aliphatic heterocycles. The number of piperidine rings is 1. The molecular formula is C31H29F3N2O6S. The zero-order valence-electron chi connectivity index (χ0n) is 23.2. The zero-order chi connectivity index (χ0) is 30.8. The van der Waals surface area contributed by atoms with Gasteiger partial charge in [-0.1, -0.05) is 35.9 Å². The number of sulfonamides is 1. The molecule has 0 spiro atoms. The molecule has 2 amide bonds. The lowest BCUT2D eigenvalue weighted by Crippen LogP contribution is -2.46. The van der Waals surface area contributed by atoms with Crippen LogP contribution in [0.25, 0.3) is 17.2 Å². The van der Waals surface area contributed by atoms with E-state index in [1.54, 1.807) is 24.3 Å². The fraction of sp³-hybridized carbons (Fsp3) is 0.290. The number of likely N-dealkylation sites (tertiary alicyclic amines) is 1. The summed E-state index contributed by atoms with van der Waals surface area (Å²) in [5.41, 5.74) is 1.14. The van der Waals surface area contributed by atoms with Gasteiger partial charge in [0, 0.05) is 36.7 Å². The smallest absolute Gasteiger partial charge is 0.338 e. The third-order valence-electron chi connectivity index (χ3n) is 7.43. The lowest BCUT2D eigenvalue weighted by molar-refractivity contribution is -0.215. The number of halogens is 3. The summed E-state index contributed by atoms with van der Waals surface area (Å²) in [5.74, 6) is -1.55. The highest BCUT2D eigenvalue weighted by Gasteiger charge is 2.35. The summed E-state index contributed by atoms with van der Waals surface area (Å²) in [6.07, 6.45) is -0.830. The Bertz CT molecular complexity index is 1670. The minimum Gasteiger partial charge on any atom is -0.338 e. The van der Waals surface area contributed by atoms with Crippen LogP contribution in [0.5, 0.6) is 5.75 Å². The van der Waals surface area contributed by atoms with Crippen molar-refractivity contribution >= 4 is 27.9 Å². The Labute approximate surface area is 247 Å². The zero-order valence-corrected chi connectivity index (χ0v) is 24.0. The quantitative estimate of drug-likeness (QED) is 0.299. The molecule has 3 aromatic carbocycles. The van der Waals surface area contributed by atoms with Gasteiger partial charge in [-0.05, 0) is 67.3 Å². The average molecular weight is 615 g/mol. The van der Waals surface area contributed by atoms with Crippen LogP contribution in [0.3, 0.4) is 0 Å². The number of carbonyl (C=O) groups is 2. The number of alkyl halides is 3. The van der Waals surface area contributed by atoms with Gasteiger partial charge in [0.05, 0.1) is 23.0 Å². The number of carbonyl (C=O) groups excluding carboxylic acids is 2. The number of rotatable bonds is 6. The molecule has 1 fully saturated rings. The van der Waals surface area contributed by atoms with E-state index >= 15 is 0 Å². The molecule has 1 N–H and O–H groups in total. The first-order valence-corrected chi connectivity index (χ1v) is 15.1. The largest absolute Gasteiger partial charge is 0.417 e. The second-order valence-corrected chi connectivity index (χ2v) is 12.2. The first-order chi connectivity index (χ1) is 20.4. The Balaban J connectivity index is 1.35. The highest BCUT2D eigenvalue weighted by molar-refractivity contribution is 7.90. The van der Waals surface area contributed by atoms with Crippen molar-refractivity contribution in [1.82, 2.24) is 9.62 Å². The van der Waals surface area contributed by atoms with Gasteiger partial charge in [-0.2, -0.15) is 18.1 Å². The number of nitrogens with one attached hydrogen (secondary N) is 1. The molecule has 12 heteroatoms. The maximum absolute atomic E-state index is 14.1. The van der Waals surface area contributed by atoms with Gasteiger partial charge in [0.25, 0.3) is 10.0 Å². The van der Waals surface area contributed by atoms with E-state index in [4.69, 9.17) is 9.78 Å². The maximum Gasteiger partial charge on any atom is 0.417 e. The minimum absolute atomic E-state index is 0.0270. The molecule has 0 aromatic heterocycles. The Morgan fingerprint density at radius 1 is 1.07 bits per heavy atom. The topological polar surface area (TPSA) is 102 Å². The monoisotopic (exact) mass is 614 g/mol. The van der Waals surface area contributed by atoms with Crippen molar-refractivity contribution in [3.8, 4) is 16.9 Å². The Kier molecular flexibility index (Phi) is 8.61. The first-order valence-electron chi connectivity index (χ1n) is 13.7. The second-order valence-electron chi connectivity index (χ2n) is 10.5. The van der Waals surface area contributed by atoms with Crippen LogP contribution in [0.4, 0.5) is 13.2 Å². The van der Waals surface area contributed by atoms with Crippen molar-refractivity contribution < 1.29 is 41.0 Å². The number of hydrogen-bond acceptors (Lipinski definition) is 6. The van der Waals surface area contributed by atoms with E-state index in [-0.39, 0.29) is 29.2 Å². The molecule has 1 saturated heterocycles. The van der Waals surface area contributed by atoms with Gasteiger partial charge in [0.1, 0.15) is 0 Å². The second kappa shape index (κ2) is 12.2. The molecule has 1 atom stereocenters. The molecule has 43 heavy (non-hydrogen) atoms. The number of hydrogen-bond donors (Lipinski definition) is 1. The molecule has 226 valence electrons. The molecule has 2 heterocycles. The Morgan fingerprint density at radius 3 is 2.58 bits per heavy atom. The number of benzene rings is 3. The molecule has 2 aliphatic rings. The van der Waals surface area contributed by atoms with Gasteiger partial charge in [-0.3, -0.25) is 9.59 Å². The highest BCUT2D eigenvalue weighted by atomic mass is 32.2. The fourth-order valence-corrected chi connectivity index (χ4v) is 6.23. The summed E-state index contributed by atoms with van der Waals surface area (Å²) < 4.78 is 69.7. The van der Waals surface area contributed by atoms with Gasteiger partial charge in [0.2, 0.25) is 11.8 Å². The van der Waals surface area contributed by atoms with Crippen molar-refractivity contribution in [2.45, 2.75) is 37.3 Å². The van der Waals surface area contributed by atoms with Crippen molar-refractivity contribution in [3.05, 3.63) is 89.0 Å². The van der Waals surface area contributed by atoms with Gasteiger partial charge >= 0.3 is 6.18 Å². The number of nitrogens with zero attached hydrogens (tertiary/aromatic N) is 1. The van der Waals surface area contributed by atoms with E-state index in [0.29, 0.717) is 42.7 Å². The fourth-order valence-electron chi connectivity index (χ4n) is 5.19. The van der Waals surface area contributed by atoms with Crippen LogP contribution in [0, 0.1) is 12.8 Å². The van der Waals surface area contributed by atoms with Crippen molar-refractivity contribution in [1.29, 1.82) is 0 Å². The summed E-state index contributed by atoms with van der Waals surface area (Å²) in [4.78, 5) is 37.4. The predicted octanol–water partition coefficient (Wildman–Crippen LogP) is 5.30. The van der Waals surface area contributed by atoms with Gasteiger partial charge in [0.15, 0.2) is 5.75 Å². The van der Waals surface area contributed by atoms with Crippen LogP contribution in [0.2, 0.25) is 0 Å². The molecule has 0 saturated carbocycles. The van der Waals surface area contributed by atoms with Crippen LogP contribution in [-0.4, -0.2) is 44.8 Å². The number of amides is 2. The first kappa shape index (κ1) is 30.3. The maximum atomic E-state index is 14.1. The van der Waals surface area contributed by atoms with Crippen LogP contribution >= 0.6 is 0 Å². The molecule has 5 rings (SSSR count). The SMILES string of the molecule is Cc1ccc(S(=O)(=O)NC(=O)C2CCCN(C(=O)/C=C/c3cccc(C(F)(F)F)c3-c3ccc4c(c3)CCOO4)C2)cc1. The predicted molar refractivity (Wildman–Crippen MR) is 152 cm³/mol. The van der Waals surface area contributed by atoms with Gasteiger partial charge in [-0.15, -0.1) is 0 Å². The van der Waals surface area contributed by atoms with E-state index in [2.05, 4.69) is 4.72 Å². The summed E-state index contributed by atoms with van der Waals surface area (Å²) >= 11 is 0. The summed E-state index contributed by atoms with van der Waals surface area (Å²) in [6, 6.07) is 14.5. The molecular weight excluding hydrogens is 585 g/mol. The molecule has 0 aliphatic carbocycles. The van der Waals surface area contributed by atoms with E-state index in [1.165, 1.54) is 47.4 Å². The van der Waals surface area contributed by atoms with Gasteiger partial charge < -0.3 is 9.79 Å². The lowest BCUT2D eigenvalue weighted by atomic mass is 9.91. The molecule has 3 aromatic rings. The molecule has 0 radical (unpaired) electrons. The van der Waals surface area contributed by atoms with Crippen LogP contribution in [0.1, 0.15) is 35.1 Å². The van der Waals surface area contributed by atoms with Crippen LogP contribution in [-0.2, 0) is 37.1 Å². The Hall–Kier alpha value is -4.16. The lowest BCUT2D eigenvalue weighted by Gasteiger charge is -2.31. The van der Waals surface area contributed by atoms with Crippen LogP contribution in [0.15, 0.2) is 71.6 Å². The summed E-state index contributed by atoms with van der Waals surface area (Å²) in [7, 11) is -4.09. The Morgan fingerprint density at radius 2 is 1.84 bits per heavy atom. The van der Waals surface area contributed by atoms with E-state index in [0.717, 1.165) is 11.6 Å². The van der Waals surface area contributed by atoms with Crippen molar-refractivity contribution in [3.63, 3.8) is 0 Å². The van der Waals surface area contributed by atoms with Crippen molar-refractivity contribution in [2.24, 2.45) is 5.92 Å². The minimum atomic E-state index is -4.65. The van der Waals surface area contributed by atoms with E-state index < -0.39 is 39.5 Å². The number of aryl methyl sites for hydroxylation is 1. The standard InChI is InChI=1S/C31H29F3N2O6S/c1-20-7-11-25(12-8-20)43(39,40)35-30(38)24-5-3-16-36(19-24)28(37)14-10-21-4-2-6-26(31(32,33)34)29(21)23-9-13-27-22(18-23)15-17-41-42-27/h2,4,6-14,18,24H,3,5,15-17,19H2,1H3,(H,35,38)/b14-10+. The number of fused-ring (bicyclic) bond motifs is 1. The molecule has 8 nitrogen and oxygen atoms in total. The summed E-state index contributed by atoms with van der Waals surface area (Å²) in [6.45, 7) is 2.37. The normalized spacial score (nSPS) is 17.3. The highest BCUT2D eigenvalue weighted by Crippen LogP contribution is 2.41. The average Bonchev–Trinajstić information content (AvgIpc) is 2.99. The third kappa shape index (κ3) is 6.91. The molecule has 1 unspecified atom stereocenters. The molecule has 0 bridgehead atoms. The van der Waals surface area contributed by atoms with E-state index in [9.17, 15) is 31.2 Å². The van der Waals surface area contributed by atoms with Crippen LogP contribution < -0.4 is 9.61 Å². The van der Waals surface area contributed by atoms with Crippen molar-refractivity contribution in [2.75, 3.05) is 19.7 Å². The van der Waals surface area contributed by atoms with Gasteiger partial charge in [-0.25, -0.2) is 13.1 Å². The van der Waals surface area contributed by atoms with E-state index in [1.807, 2.05) is 6.92 Å². The third-order valence-corrected chi connectivity index (χ3v) is 8.79.